The molecule has 2 N–H and O–H groups in total. The fourth-order valence-corrected chi connectivity index (χ4v) is 3.31. The standard InChI is InChI=1S/C21H35N5O/c1-4-22-21(24-14-19-15-25(2)11-12-26(19)3)23-13-18-7-5-6-8-20(18)27-16-17-9-10-17/h5-8,17,19H,4,9-16H2,1-3H3,(H2,22,23,24). The van der Waals surface area contributed by atoms with E-state index in [1.165, 1.54) is 12.8 Å². The van der Waals surface area contributed by atoms with Gasteiger partial charge < -0.3 is 20.3 Å². The Hall–Kier alpha value is -1.79. The molecule has 1 unspecified atom stereocenters. The summed E-state index contributed by atoms with van der Waals surface area (Å²) in [6.07, 6.45) is 2.61. The Labute approximate surface area is 164 Å². The van der Waals surface area contributed by atoms with Crippen LogP contribution in [0.15, 0.2) is 29.3 Å². The lowest BCUT2D eigenvalue weighted by Gasteiger charge is -2.37. The van der Waals surface area contributed by atoms with E-state index in [-0.39, 0.29) is 0 Å². The molecule has 2 aliphatic rings. The molecule has 0 radical (unpaired) electrons. The zero-order valence-corrected chi connectivity index (χ0v) is 17.1. The summed E-state index contributed by atoms with van der Waals surface area (Å²) in [6.45, 7) is 8.64. The number of guanidine groups is 1. The number of aliphatic imine (C=N–C) groups is 1. The first-order valence-corrected chi connectivity index (χ1v) is 10.3. The highest BCUT2D eigenvalue weighted by molar-refractivity contribution is 5.79. The van der Waals surface area contributed by atoms with Gasteiger partial charge in [-0.2, -0.15) is 0 Å². The van der Waals surface area contributed by atoms with Gasteiger partial charge in [-0.05, 0) is 45.8 Å². The van der Waals surface area contributed by atoms with Crippen LogP contribution in [0.25, 0.3) is 0 Å². The number of nitrogens with one attached hydrogen (secondary N) is 2. The summed E-state index contributed by atoms with van der Waals surface area (Å²) >= 11 is 0. The molecular weight excluding hydrogens is 338 g/mol. The van der Waals surface area contributed by atoms with Gasteiger partial charge in [0.25, 0.3) is 0 Å². The van der Waals surface area contributed by atoms with Gasteiger partial charge in [-0.15, -0.1) is 0 Å². The van der Waals surface area contributed by atoms with Crippen LogP contribution in [0.2, 0.25) is 0 Å². The molecule has 6 nitrogen and oxygen atoms in total. The third-order valence-electron chi connectivity index (χ3n) is 5.38. The number of hydrogen-bond donors (Lipinski definition) is 2. The fourth-order valence-electron chi connectivity index (χ4n) is 3.31. The van der Waals surface area contributed by atoms with Gasteiger partial charge in [0, 0.05) is 44.3 Å². The van der Waals surface area contributed by atoms with Crippen LogP contribution in [0, 0.1) is 5.92 Å². The smallest absolute Gasteiger partial charge is 0.191 e. The first-order valence-electron chi connectivity index (χ1n) is 10.3. The van der Waals surface area contributed by atoms with E-state index in [0.717, 1.165) is 62.5 Å². The average molecular weight is 374 g/mol. The lowest BCUT2D eigenvalue weighted by atomic mass is 10.2. The SMILES string of the molecule is CCNC(=NCc1ccccc1OCC1CC1)NCC1CN(C)CCN1C. The summed E-state index contributed by atoms with van der Waals surface area (Å²) in [5, 5.41) is 6.89. The molecule has 1 aromatic rings. The first kappa shape index (κ1) is 20.0. The fraction of sp³-hybridized carbons (Fsp3) is 0.667. The lowest BCUT2D eigenvalue weighted by molar-refractivity contribution is 0.116. The molecule has 3 rings (SSSR count). The molecule has 1 saturated heterocycles. The van der Waals surface area contributed by atoms with Crippen LogP contribution >= 0.6 is 0 Å². The minimum absolute atomic E-state index is 0.502. The molecule has 1 aromatic carbocycles. The molecule has 2 fully saturated rings. The van der Waals surface area contributed by atoms with Gasteiger partial charge in [0.2, 0.25) is 0 Å². The number of piperazine rings is 1. The molecule has 150 valence electrons. The van der Waals surface area contributed by atoms with Crippen LogP contribution in [0.4, 0.5) is 0 Å². The summed E-state index contributed by atoms with van der Waals surface area (Å²) in [5.41, 5.74) is 1.14. The Morgan fingerprint density at radius 3 is 2.78 bits per heavy atom. The predicted octanol–water partition coefficient (Wildman–Crippen LogP) is 1.78. The molecule has 0 bridgehead atoms. The maximum absolute atomic E-state index is 6.01. The third-order valence-corrected chi connectivity index (χ3v) is 5.38. The minimum Gasteiger partial charge on any atom is -0.493 e. The zero-order valence-electron chi connectivity index (χ0n) is 17.1. The van der Waals surface area contributed by atoms with Crippen LogP contribution < -0.4 is 15.4 Å². The molecule has 0 amide bonds. The summed E-state index contributed by atoms with van der Waals surface area (Å²) in [7, 11) is 4.40. The van der Waals surface area contributed by atoms with Crippen molar-refractivity contribution < 1.29 is 4.74 Å². The van der Waals surface area contributed by atoms with Gasteiger partial charge in [0.05, 0.1) is 13.2 Å². The lowest BCUT2D eigenvalue weighted by Crippen LogP contribution is -2.55. The van der Waals surface area contributed by atoms with E-state index in [9.17, 15) is 0 Å². The Bertz CT molecular complexity index is 616. The van der Waals surface area contributed by atoms with Crippen molar-refractivity contribution in [2.24, 2.45) is 10.9 Å². The maximum Gasteiger partial charge on any atom is 0.191 e. The van der Waals surface area contributed by atoms with Crippen LogP contribution in [-0.4, -0.2) is 75.2 Å². The highest BCUT2D eigenvalue weighted by Crippen LogP contribution is 2.30. The summed E-state index contributed by atoms with van der Waals surface area (Å²) < 4.78 is 6.01. The van der Waals surface area contributed by atoms with E-state index in [4.69, 9.17) is 9.73 Å². The molecule has 0 aromatic heterocycles. The maximum atomic E-state index is 6.01. The minimum atomic E-state index is 0.502. The molecule has 1 saturated carbocycles. The Morgan fingerprint density at radius 2 is 2.00 bits per heavy atom. The van der Waals surface area contributed by atoms with E-state index in [1.54, 1.807) is 0 Å². The summed E-state index contributed by atoms with van der Waals surface area (Å²) in [6, 6.07) is 8.76. The predicted molar refractivity (Wildman–Crippen MR) is 111 cm³/mol. The van der Waals surface area contributed by atoms with Gasteiger partial charge in [0.15, 0.2) is 5.96 Å². The van der Waals surface area contributed by atoms with Gasteiger partial charge in [0.1, 0.15) is 5.75 Å². The molecule has 1 heterocycles. The number of ether oxygens (including phenoxy) is 1. The first-order chi connectivity index (χ1) is 13.2. The zero-order chi connectivity index (χ0) is 19.1. The van der Waals surface area contributed by atoms with Crippen LogP contribution in [0.1, 0.15) is 25.3 Å². The van der Waals surface area contributed by atoms with Gasteiger partial charge in [-0.1, -0.05) is 18.2 Å². The number of hydrogen-bond acceptors (Lipinski definition) is 4. The molecule has 6 heteroatoms. The van der Waals surface area contributed by atoms with E-state index in [0.29, 0.717) is 12.6 Å². The number of benzene rings is 1. The Morgan fingerprint density at radius 1 is 1.19 bits per heavy atom. The second-order valence-electron chi connectivity index (χ2n) is 7.83. The van der Waals surface area contributed by atoms with Crippen molar-refractivity contribution >= 4 is 5.96 Å². The topological polar surface area (TPSA) is 52.1 Å². The summed E-state index contributed by atoms with van der Waals surface area (Å²) in [5.74, 6) is 2.60. The van der Waals surface area contributed by atoms with Gasteiger partial charge in [-0.3, -0.25) is 4.90 Å². The van der Waals surface area contributed by atoms with E-state index >= 15 is 0 Å². The Kier molecular flexibility index (Phi) is 7.35. The van der Waals surface area contributed by atoms with E-state index < -0.39 is 0 Å². The average Bonchev–Trinajstić information content (AvgIpc) is 3.50. The molecule has 1 aliphatic carbocycles. The highest BCUT2D eigenvalue weighted by atomic mass is 16.5. The number of nitrogens with zero attached hydrogens (tertiary/aromatic N) is 3. The molecule has 0 spiro atoms. The number of likely N-dealkylation sites (N-methyl/N-ethyl adjacent to an activating group) is 2. The highest BCUT2D eigenvalue weighted by Gasteiger charge is 2.23. The normalized spacial score (nSPS) is 21.9. The molecule has 1 atom stereocenters. The molecular formula is C21H35N5O. The van der Waals surface area contributed by atoms with Crippen molar-refractivity contribution in [3.63, 3.8) is 0 Å². The van der Waals surface area contributed by atoms with E-state index in [1.807, 2.05) is 6.07 Å². The van der Waals surface area contributed by atoms with Crippen LogP contribution in [0.3, 0.4) is 0 Å². The largest absolute Gasteiger partial charge is 0.493 e. The second kappa shape index (κ2) is 9.95. The van der Waals surface area contributed by atoms with Crippen molar-refractivity contribution in [1.29, 1.82) is 0 Å². The van der Waals surface area contributed by atoms with Crippen molar-refractivity contribution in [2.45, 2.75) is 32.4 Å². The van der Waals surface area contributed by atoms with Crippen molar-refractivity contribution in [2.75, 3.05) is 53.4 Å². The monoisotopic (exact) mass is 373 g/mol. The number of rotatable bonds is 8. The van der Waals surface area contributed by atoms with Crippen molar-refractivity contribution in [3.8, 4) is 5.75 Å². The third kappa shape index (κ3) is 6.40. The van der Waals surface area contributed by atoms with Crippen LogP contribution in [-0.2, 0) is 6.54 Å². The molecule has 27 heavy (non-hydrogen) atoms. The van der Waals surface area contributed by atoms with Crippen LogP contribution in [0.5, 0.6) is 5.75 Å². The van der Waals surface area contributed by atoms with E-state index in [2.05, 4.69) is 59.7 Å². The summed E-state index contributed by atoms with van der Waals surface area (Å²) in [4.78, 5) is 9.62. The number of para-hydroxylation sites is 1. The molecule has 1 aliphatic heterocycles. The second-order valence-corrected chi connectivity index (χ2v) is 7.83. The van der Waals surface area contributed by atoms with Gasteiger partial charge in [-0.25, -0.2) is 4.99 Å². The van der Waals surface area contributed by atoms with Crippen molar-refractivity contribution in [1.82, 2.24) is 20.4 Å². The van der Waals surface area contributed by atoms with Crippen molar-refractivity contribution in [3.05, 3.63) is 29.8 Å². The quantitative estimate of drug-likeness (QED) is 0.537. The Balaban J connectivity index is 1.56. The van der Waals surface area contributed by atoms with Gasteiger partial charge >= 0.3 is 0 Å².